The van der Waals surface area contributed by atoms with Crippen molar-refractivity contribution in [1.82, 2.24) is 0 Å². The van der Waals surface area contributed by atoms with Gasteiger partial charge in [0.25, 0.3) is 0 Å². The zero-order chi connectivity index (χ0) is 18.5. The third-order valence-corrected chi connectivity index (χ3v) is 3.62. The molecule has 23 heavy (non-hydrogen) atoms. The normalized spacial score (nSPS) is 15.2. The molecule has 1 aliphatic rings. The molecule has 3 nitrogen and oxygen atoms in total. The molecule has 2 aromatic carbocycles. The Hall–Kier alpha value is -2.57. The van der Waals surface area contributed by atoms with Crippen LogP contribution in [0.25, 0.3) is 0 Å². The molecule has 0 unspecified atom stereocenters. The van der Waals surface area contributed by atoms with Crippen LogP contribution in [-0.4, -0.2) is 5.91 Å². The van der Waals surface area contributed by atoms with Gasteiger partial charge < -0.3 is 10.6 Å². The number of nitrogens with two attached hydrogens (primary N) is 1. The van der Waals surface area contributed by atoms with Crippen molar-refractivity contribution in [3.63, 3.8) is 0 Å². The van der Waals surface area contributed by atoms with Crippen LogP contribution in [-0.2, 0) is 19.3 Å². The Balaban J connectivity index is 2.27. The van der Waals surface area contributed by atoms with Gasteiger partial charge in [-0.3, -0.25) is 4.79 Å². The van der Waals surface area contributed by atoms with E-state index in [0.717, 1.165) is 11.1 Å². The first-order chi connectivity index (χ1) is 11.6. The topological polar surface area (TPSA) is 46.3 Å². The van der Waals surface area contributed by atoms with Gasteiger partial charge in [0, 0.05) is 18.7 Å². The standard InChI is InChI=1S/C16H12F4N2O/c17-12-5-11(15(21)23)6-13(14(12)16(18,19)20)22-7-9-3-1-2-4-10(9)8-22/h1-6H,7-8H2,(H2,21,23)/i5D,6D. The van der Waals surface area contributed by atoms with E-state index in [0.29, 0.717) is 0 Å². The number of carbonyl (C=O) groups is 1. The van der Waals surface area contributed by atoms with Crippen molar-refractivity contribution < 1.29 is 25.1 Å². The monoisotopic (exact) mass is 326 g/mol. The van der Waals surface area contributed by atoms with Crippen LogP contribution in [0.15, 0.2) is 36.4 Å². The maximum atomic E-state index is 14.3. The highest BCUT2D eigenvalue weighted by atomic mass is 19.4. The van der Waals surface area contributed by atoms with Gasteiger partial charge in [0.2, 0.25) is 5.91 Å². The van der Waals surface area contributed by atoms with Crippen LogP contribution in [0.3, 0.4) is 0 Å². The summed E-state index contributed by atoms with van der Waals surface area (Å²) in [5, 5.41) is 0. The molecule has 2 N–H and O–H groups in total. The van der Waals surface area contributed by atoms with Gasteiger partial charge >= 0.3 is 6.18 Å². The maximum Gasteiger partial charge on any atom is 0.421 e. The first kappa shape index (κ1) is 12.9. The molecule has 0 aromatic heterocycles. The molecule has 0 spiro atoms. The van der Waals surface area contributed by atoms with Crippen molar-refractivity contribution in [2.45, 2.75) is 19.3 Å². The van der Waals surface area contributed by atoms with E-state index in [1.165, 1.54) is 4.90 Å². The molecular weight excluding hydrogens is 312 g/mol. The smallest absolute Gasteiger partial charge is 0.366 e. The lowest BCUT2D eigenvalue weighted by atomic mass is 10.1. The molecule has 7 heteroatoms. The first-order valence-corrected chi connectivity index (χ1v) is 6.64. The SMILES string of the molecule is [2H]c1c(F)c(C(F)(F)F)c(N2Cc3ccccc3C2)c([2H])c1C(N)=O. The number of hydrogen-bond donors (Lipinski definition) is 1. The van der Waals surface area contributed by atoms with Crippen molar-refractivity contribution in [1.29, 1.82) is 0 Å². The summed E-state index contributed by atoms with van der Waals surface area (Å²) in [6, 6.07) is 4.67. The highest BCUT2D eigenvalue weighted by Gasteiger charge is 2.39. The van der Waals surface area contributed by atoms with Gasteiger partial charge in [0.15, 0.2) is 0 Å². The molecule has 1 amide bonds. The fraction of sp³-hybridized carbons (Fsp3) is 0.188. The van der Waals surface area contributed by atoms with Crippen molar-refractivity contribution in [2.24, 2.45) is 5.73 Å². The van der Waals surface area contributed by atoms with E-state index in [4.69, 9.17) is 8.48 Å². The zero-order valence-corrected chi connectivity index (χ0v) is 11.7. The third kappa shape index (κ3) is 2.74. The number of halogens is 4. The molecule has 1 aliphatic heterocycles. The quantitative estimate of drug-likeness (QED) is 0.859. The Morgan fingerprint density at radius 2 is 1.74 bits per heavy atom. The molecule has 0 saturated heterocycles. The van der Waals surface area contributed by atoms with Crippen molar-refractivity contribution in [3.8, 4) is 0 Å². The summed E-state index contributed by atoms with van der Waals surface area (Å²) < 4.78 is 70.1. The Morgan fingerprint density at radius 1 is 1.17 bits per heavy atom. The average Bonchev–Trinajstić information content (AvgIpc) is 2.92. The van der Waals surface area contributed by atoms with Crippen LogP contribution >= 0.6 is 0 Å². The predicted molar refractivity (Wildman–Crippen MR) is 76.2 cm³/mol. The second-order valence-electron chi connectivity index (χ2n) is 5.15. The predicted octanol–water partition coefficient (Wildman–Crippen LogP) is 3.46. The molecule has 0 fully saturated rings. The molecule has 0 atom stereocenters. The number of hydrogen-bond acceptors (Lipinski definition) is 2. The number of alkyl halides is 3. The molecule has 1 heterocycles. The zero-order valence-electron chi connectivity index (χ0n) is 13.7. The number of fused-ring (bicyclic) bond motifs is 1. The van der Waals surface area contributed by atoms with Gasteiger partial charge in [-0.15, -0.1) is 0 Å². The number of carbonyl (C=O) groups excluding carboxylic acids is 1. The van der Waals surface area contributed by atoms with Gasteiger partial charge in [-0.2, -0.15) is 13.2 Å². The molecular formula is C16H12F4N2O. The second kappa shape index (κ2) is 5.26. The minimum atomic E-state index is -5.13. The van der Waals surface area contributed by atoms with Crippen LogP contribution < -0.4 is 10.6 Å². The van der Waals surface area contributed by atoms with Gasteiger partial charge in [0.05, 0.1) is 8.43 Å². The lowest BCUT2D eigenvalue weighted by molar-refractivity contribution is -0.139. The van der Waals surface area contributed by atoms with Crippen LogP contribution in [0, 0.1) is 5.82 Å². The van der Waals surface area contributed by atoms with Crippen molar-refractivity contribution in [3.05, 3.63) is 64.4 Å². The Bertz CT molecular complexity index is 858. The highest BCUT2D eigenvalue weighted by Crippen LogP contribution is 2.41. The summed E-state index contributed by atoms with van der Waals surface area (Å²) in [6.45, 7) is 0.0558. The lowest BCUT2D eigenvalue weighted by Crippen LogP contribution is -2.23. The van der Waals surface area contributed by atoms with E-state index >= 15 is 0 Å². The lowest BCUT2D eigenvalue weighted by Gasteiger charge is -2.23. The number of rotatable bonds is 2. The minimum absolute atomic E-state index is 0.0279. The van der Waals surface area contributed by atoms with Gasteiger partial charge in [0.1, 0.15) is 11.4 Å². The van der Waals surface area contributed by atoms with E-state index in [1.54, 1.807) is 24.3 Å². The summed E-state index contributed by atoms with van der Waals surface area (Å²) in [5.74, 6) is -3.22. The fourth-order valence-corrected chi connectivity index (χ4v) is 2.60. The second-order valence-corrected chi connectivity index (χ2v) is 5.15. The van der Waals surface area contributed by atoms with Crippen LogP contribution in [0.5, 0.6) is 0 Å². The van der Waals surface area contributed by atoms with Gasteiger partial charge in [-0.25, -0.2) is 4.39 Å². The minimum Gasteiger partial charge on any atom is -0.366 e. The highest BCUT2D eigenvalue weighted by molar-refractivity contribution is 5.94. The molecule has 120 valence electrons. The van der Waals surface area contributed by atoms with Gasteiger partial charge in [-0.05, 0) is 23.2 Å². The molecule has 2 aromatic rings. The van der Waals surface area contributed by atoms with E-state index in [2.05, 4.69) is 0 Å². The van der Waals surface area contributed by atoms with Crippen LogP contribution in [0.1, 0.15) is 29.8 Å². The molecule has 0 saturated carbocycles. The first-order valence-electron chi connectivity index (χ1n) is 7.64. The van der Waals surface area contributed by atoms with Crippen molar-refractivity contribution >= 4 is 11.6 Å². The Morgan fingerprint density at radius 3 is 2.22 bits per heavy atom. The van der Waals surface area contributed by atoms with Crippen LogP contribution in [0.2, 0.25) is 0 Å². The largest absolute Gasteiger partial charge is 0.421 e. The van der Waals surface area contributed by atoms with E-state index in [9.17, 15) is 22.4 Å². The Kier molecular flexibility index (Phi) is 2.95. The summed E-state index contributed by atoms with van der Waals surface area (Å²) in [7, 11) is 0. The van der Waals surface area contributed by atoms with E-state index in [1.807, 2.05) is 0 Å². The number of amides is 1. The number of anilines is 1. The van der Waals surface area contributed by atoms with Crippen LogP contribution in [0.4, 0.5) is 23.2 Å². The fourth-order valence-electron chi connectivity index (χ4n) is 2.60. The molecule has 3 rings (SSSR count). The number of primary amides is 1. The third-order valence-electron chi connectivity index (χ3n) is 3.62. The summed E-state index contributed by atoms with van der Waals surface area (Å²) in [4.78, 5) is 12.6. The Labute approximate surface area is 132 Å². The van der Waals surface area contributed by atoms with Crippen molar-refractivity contribution in [2.75, 3.05) is 4.90 Å². The molecule has 0 bridgehead atoms. The number of nitrogens with zero attached hydrogens (tertiary/aromatic N) is 1. The van der Waals surface area contributed by atoms with Gasteiger partial charge in [-0.1, -0.05) is 24.3 Å². The average molecular weight is 326 g/mol. The maximum absolute atomic E-state index is 14.3. The number of benzene rings is 2. The van der Waals surface area contributed by atoms with E-state index < -0.39 is 46.8 Å². The summed E-state index contributed by atoms with van der Waals surface area (Å²) >= 11 is 0. The van der Waals surface area contributed by atoms with E-state index in [-0.39, 0.29) is 13.1 Å². The summed E-state index contributed by atoms with van der Waals surface area (Å²) in [6.07, 6.45) is -5.13. The summed E-state index contributed by atoms with van der Waals surface area (Å²) in [5.41, 5.74) is 3.17. The molecule has 0 aliphatic carbocycles. The molecule has 0 radical (unpaired) electrons.